The van der Waals surface area contributed by atoms with E-state index in [4.69, 9.17) is 4.42 Å². The maximum absolute atomic E-state index is 6.54. The van der Waals surface area contributed by atoms with E-state index in [0.29, 0.717) is 0 Å². The van der Waals surface area contributed by atoms with Gasteiger partial charge in [-0.1, -0.05) is 84.9 Å². The second kappa shape index (κ2) is 15.0. The van der Waals surface area contributed by atoms with Gasteiger partial charge in [0, 0.05) is 54.6 Å². The SMILES string of the molecule is Cc1c(-c2ccccc2)oc2c(-c3ccccc3)cc(-c3cc[c-]c(-c4ccccn4)c3)cc12.Cc1ccc(-c2[c-]cccc2)nc1.[Ir]. The summed E-state index contributed by atoms with van der Waals surface area (Å²) >= 11 is 0. The van der Waals surface area contributed by atoms with Gasteiger partial charge in [-0.05, 0) is 60.1 Å². The van der Waals surface area contributed by atoms with Crippen LogP contribution in [0, 0.1) is 26.0 Å². The van der Waals surface area contributed by atoms with Crippen molar-refractivity contribution in [1.29, 1.82) is 0 Å². The third kappa shape index (κ3) is 7.11. The van der Waals surface area contributed by atoms with E-state index < -0.39 is 0 Å². The first kappa shape index (κ1) is 32.5. The van der Waals surface area contributed by atoms with Crippen LogP contribution >= 0.6 is 0 Å². The van der Waals surface area contributed by atoms with Gasteiger partial charge < -0.3 is 14.4 Å². The Hall–Kier alpha value is -5.41. The van der Waals surface area contributed by atoms with Crippen LogP contribution in [0.2, 0.25) is 0 Å². The minimum atomic E-state index is 0. The van der Waals surface area contributed by atoms with E-state index in [2.05, 4.69) is 95.8 Å². The number of rotatable bonds is 5. The predicted molar refractivity (Wildman–Crippen MR) is 193 cm³/mol. The molecule has 0 amide bonds. The fourth-order valence-electron chi connectivity index (χ4n) is 5.68. The molecule has 3 heterocycles. The molecule has 4 heteroatoms. The van der Waals surface area contributed by atoms with Crippen LogP contribution in [0.15, 0.2) is 162 Å². The molecule has 0 aliphatic rings. The normalized spacial score (nSPS) is 10.5. The molecule has 5 aromatic carbocycles. The number of benzene rings is 5. The summed E-state index contributed by atoms with van der Waals surface area (Å²) in [6.07, 6.45) is 3.69. The smallest absolute Gasteiger partial charge is 0.142 e. The van der Waals surface area contributed by atoms with Crippen molar-refractivity contribution in [2.75, 3.05) is 0 Å². The molecule has 3 nitrogen and oxygen atoms in total. The molecule has 8 aromatic rings. The van der Waals surface area contributed by atoms with Crippen LogP contribution in [-0.4, -0.2) is 9.97 Å². The number of aromatic nitrogens is 2. The number of hydrogen-bond donors (Lipinski definition) is 0. The Morgan fingerprint density at radius 2 is 1.25 bits per heavy atom. The quantitative estimate of drug-likeness (QED) is 0.163. The van der Waals surface area contributed by atoms with Crippen molar-refractivity contribution in [1.82, 2.24) is 9.97 Å². The van der Waals surface area contributed by atoms with E-state index in [1.54, 1.807) is 0 Å². The van der Waals surface area contributed by atoms with Crippen LogP contribution in [0.25, 0.3) is 67.1 Å². The minimum Gasteiger partial charge on any atom is -0.455 e. The fraction of sp³-hybridized carbons (Fsp3) is 0.0455. The van der Waals surface area contributed by atoms with Crippen LogP contribution in [0.3, 0.4) is 0 Å². The van der Waals surface area contributed by atoms with E-state index in [1.807, 2.05) is 98.2 Å². The van der Waals surface area contributed by atoms with Crippen molar-refractivity contribution in [3.8, 4) is 56.1 Å². The van der Waals surface area contributed by atoms with Crippen LogP contribution in [0.1, 0.15) is 11.1 Å². The first-order chi connectivity index (χ1) is 23.1. The molecule has 0 atom stereocenters. The van der Waals surface area contributed by atoms with Gasteiger partial charge in [0.05, 0.1) is 0 Å². The van der Waals surface area contributed by atoms with Gasteiger partial charge in [-0.3, -0.25) is 0 Å². The van der Waals surface area contributed by atoms with Gasteiger partial charge in [0.1, 0.15) is 11.3 Å². The average Bonchev–Trinajstić information content (AvgIpc) is 3.49. The zero-order valence-corrected chi connectivity index (χ0v) is 29.0. The molecule has 0 spiro atoms. The molecule has 0 bridgehead atoms. The molecule has 8 rings (SSSR count). The van der Waals surface area contributed by atoms with Crippen LogP contribution in [0.5, 0.6) is 0 Å². The van der Waals surface area contributed by atoms with Crippen molar-refractivity contribution in [3.05, 3.63) is 181 Å². The van der Waals surface area contributed by atoms with Gasteiger partial charge in [0.2, 0.25) is 0 Å². The van der Waals surface area contributed by atoms with E-state index in [-0.39, 0.29) is 20.1 Å². The summed E-state index contributed by atoms with van der Waals surface area (Å²) in [6, 6.07) is 55.8. The first-order valence-electron chi connectivity index (χ1n) is 15.7. The van der Waals surface area contributed by atoms with Gasteiger partial charge >= 0.3 is 0 Å². The Kier molecular flexibility index (Phi) is 10.2. The number of hydrogen-bond acceptors (Lipinski definition) is 3. The standard InChI is InChI=1S/C32H22NO.C12H10N.Ir/c1-22-28-20-27(25-15-10-16-26(19-25)30-17-8-9-18-33-30)21-29(23-11-4-2-5-12-23)32(28)34-31(22)24-13-6-3-7-14-24;1-10-7-8-12(13-9-10)11-5-3-2-4-6-11;/h2-15,17-21H,1H3;2-5,7-9H,1H3;/q2*-1;. The zero-order valence-electron chi connectivity index (χ0n) is 26.6. The van der Waals surface area contributed by atoms with Crippen LogP contribution in [0.4, 0.5) is 0 Å². The predicted octanol–water partition coefficient (Wildman–Crippen LogP) is 11.5. The molecule has 0 aliphatic carbocycles. The number of nitrogens with zero attached hydrogens (tertiary/aromatic N) is 2. The Bertz CT molecular complexity index is 2230. The van der Waals surface area contributed by atoms with Gasteiger partial charge in [-0.2, -0.15) is 0 Å². The largest absolute Gasteiger partial charge is 0.455 e. The number of pyridine rings is 2. The topological polar surface area (TPSA) is 38.9 Å². The summed E-state index contributed by atoms with van der Waals surface area (Å²) in [6.45, 7) is 4.18. The van der Waals surface area contributed by atoms with Crippen molar-refractivity contribution in [2.24, 2.45) is 0 Å². The molecule has 0 aliphatic heterocycles. The van der Waals surface area contributed by atoms with Gasteiger partial charge in [-0.25, -0.2) is 0 Å². The van der Waals surface area contributed by atoms with E-state index in [1.165, 1.54) is 5.56 Å². The molecule has 0 saturated carbocycles. The van der Waals surface area contributed by atoms with E-state index >= 15 is 0 Å². The third-order valence-electron chi connectivity index (χ3n) is 8.13. The van der Waals surface area contributed by atoms with Crippen molar-refractivity contribution < 1.29 is 24.5 Å². The molecule has 0 N–H and O–H groups in total. The van der Waals surface area contributed by atoms with Crippen molar-refractivity contribution in [3.63, 3.8) is 0 Å². The molecular formula is C44H32IrN2O-2. The molecule has 1 radical (unpaired) electrons. The number of fused-ring (bicyclic) bond motifs is 1. The Morgan fingerprint density at radius 1 is 0.542 bits per heavy atom. The van der Waals surface area contributed by atoms with Gasteiger partial charge in [0.15, 0.2) is 0 Å². The Labute approximate surface area is 295 Å². The number of aryl methyl sites for hydroxylation is 2. The minimum absolute atomic E-state index is 0. The summed E-state index contributed by atoms with van der Waals surface area (Å²) < 4.78 is 6.54. The molecule has 235 valence electrons. The zero-order chi connectivity index (χ0) is 32.0. The second-order valence-electron chi connectivity index (χ2n) is 11.4. The summed E-state index contributed by atoms with van der Waals surface area (Å²) in [4.78, 5) is 8.82. The summed E-state index contributed by atoms with van der Waals surface area (Å²) in [5.74, 6) is 0.917. The maximum atomic E-state index is 6.54. The molecule has 0 fully saturated rings. The molecule has 3 aromatic heterocycles. The van der Waals surface area contributed by atoms with Crippen molar-refractivity contribution in [2.45, 2.75) is 13.8 Å². The third-order valence-corrected chi connectivity index (χ3v) is 8.13. The average molecular weight is 797 g/mol. The van der Waals surface area contributed by atoms with E-state index in [0.717, 1.165) is 72.6 Å². The fourth-order valence-corrected chi connectivity index (χ4v) is 5.68. The first-order valence-corrected chi connectivity index (χ1v) is 15.7. The number of furan rings is 1. The van der Waals surface area contributed by atoms with Crippen molar-refractivity contribution >= 4 is 11.0 Å². The summed E-state index contributed by atoms with van der Waals surface area (Å²) in [5, 5.41) is 1.13. The molecule has 0 saturated heterocycles. The van der Waals surface area contributed by atoms with E-state index in [9.17, 15) is 0 Å². The Morgan fingerprint density at radius 3 is 1.94 bits per heavy atom. The second-order valence-corrected chi connectivity index (χ2v) is 11.4. The van der Waals surface area contributed by atoms with Gasteiger partial charge in [-0.15, -0.1) is 71.3 Å². The molecule has 48 heavy (non-hydrogen) atoms. The maximum Gasteiger partial charge on any atom is 0.142 e. The summed E-state index contributed by atoms with van der Waals surface area (Å²) in [7, 11) is 0. The Balaban J connectivity index is 0.000000241. The van der Waals surface area contributed by atoms with Crippen LogP contribution in [-0.2, 0) is 20.1 Å². The summed E-state index contributed by atoms with van der Waals surface area (Å²) in [5.41, 5.74) is 12.7. The van der Waals surface area contributed by atoms with Gasteiger partial charge in [0.25, 0.3) is 0 Å². The molecule has 0 unspecified atom stereocenters. The monoisotopic (exact) mass is 797 g/mol. The molecular weight excluding hydrogens is 765 g/mol. The van der Waals surface area contributed by atoms with Crippen LogP contribution < -0.4 is 0 Å².